The van der Waals surface area contributed by atoms with Crippen LogP contribution in [0.3, 0.4) is 0 Å². The lowest BCUT2D eigenvalue weighted by Crippen LogP contribution is -2.30. The first kappa shape index (κ1) is 13.4. The van der Waals surface area contributed by atoms with Crippen molar-refractivity contribution in [3.8, 4) is 0 Å². The number of benzene rings is 1. The number of carbonyl (C=O) groups excluding carboxylic acids is 1. The van der Waals surface area contributed by atoms with Crippen LogP contribution in [0.5, 0.6) is 0 Å². The molecule has 0 aliphatic carbocycles. The number of halogens is 3. The molecule has 1 aromatic rings. The van der Waals surface area contributed by atoms with Gasteiger partial charge in [0.05, 0.1) is 5.41 Å². The van der Waals surface area contributed by atoms with E-state index in [0.717, 1.165) is 0 Å². The van der Waals surface area contributed by atoms with Crippen LogP contribution in [-0.2, 0) is 10.2 Å². The Labute approximate surface area is 107 Å². The smallest absolute Gasteiger partial charge is 0.232 e. The molecule has 0 aliphatic rings. The van der Waals surface area contributed by atoms with Crippen LogP contribution < -0.4 is 0 Å². The average Bonchev–Trinajstić information content (AvgIpc) is 2.17. The summed E-state index contributed by atoms with van der Waals surface area (Å²) < 4.78 is 14.3. The van der Waals surface area contributed by atoms with Crippen LogP contribution in [0.25, 0.3) is 0 Å². The van der Waals surface area contributed by atoms with Crippen LogP contribution in [0.15, 0.2) is 35.3 Å². The minimum Gasteiger partial charge on any atom is -0.280 e. The summed E-state index contributed by atoms with van der Waals surface area (Å²) in [5.41, 5.74) is -0.817. The molecule has 0 spiro atoms. The van der Waals surface area contributed by atoms with Crippen molar-refractivity contribution in [1.82, 2.24) is 0 Å². The van der Waals surface area contributed by atoms with Gasteiger partial charge in [0.1, 0.15) is 5.82 Å². The van der Waals surface area contributed by atoms with Crippen LogP contribution in [0.1, 0.15) is 18.9 Å². The molecule has 0 amide bonds. The van der Waals surface area contributed by atoms with Crippen molar-refractivity contribution in [2.75, 3.05) is 0 Å². The van der Waals surface area contributed by atoms with Gasteiger partial charge in [0.15, 0.2) is 0 Å². The van der Waals surface area contributed by atoms with E-state index in [9.17, 15) is 9.18 Å². The fourth-order valence-electron chi connectivity index (χ4n) is 1.59. The van der Waals surface area contributed by atoms with E-state index in [4.69, 9.17) is 11.6 Å². The van der Waals surface area contributed by atoms with E-state index in [-0.39, 0.29) is 12.0 Å². The zero-order chi connectivity index (χ0) is 12.3. The minimum atomic E-state index is -1.09. The molecule has 0 saturated heterocycles. The molecule has 0 saturated carbocycles. The molecule has 4 heteroatoms. The summed E-state index contributed by atoms with van der Waals surface area (Å²) >= 11 is 8.80. The van der Waals surface area contributed by atoms with E-state index < -0.39 is 16.5 Å². The predicted molar refractivity (Wildman–Crippen MR) is 67.1 cm³/mol. The fourth-order valence-corrected chi connectivity index (χ4v) is 2.55. The van der Waals surface area contributed by atoms with Crippen molar-refractivity contribution in [2.45, 2.75) is 18.8 Å². The van der Waals surface area contributed by atoms with Gasteiger partial charge in [0, 0.05) is 10.0 Å². The molecule has 0 heterocycles. The predicted octanol–water partition coefficient (Wildman–Crippen LogP) is 4.19. The van der Waals surface area contributed by atoms with Crippen molar-refractivity contribution in [3.05, 3.63) is 46.7 Å². The van der Waals surface area contributed by atoms with E-state index in [2.05, 4.69) is 22.5 Å². The Balaban J connectivity index is 3.42. The quantitative estimate of drug-likeness (QED) is 0.602. The number of hydrogen-bond donors (Lipinski definition) is 0. The molecule has 1 unspecified atom stereocenters. The SMILES string of the molecule is C=CCC(C)(C(=O)Cl)c1c(F)cccc1Br. The molecule has 0 fully saturated rings. The first-order valence-corrected chi connectivity index (χ1v) is 5.86. The Bertz CT molecular complexity index is 413. The van der Waals surface area contributed by atoms with Crippen molar-refractivity contribution in [2.24, 2.45) is 0 Å². The topological polar surface area (TPSA) is 17.1 Å². The molecule has 86 valence electrons. The molecule has 0 bridgehead atoms. The fraction of sp³-hybridized carbons (Fsp3) is 0.250. The standard InChI is InChI=1S/C12H11BrClFO/c1-3-7-12(2,11(14)16)10-8(13)5-4-6-9(10)15/h3-6H,1,7H2,2H3. The summed E-state index contributed by atoms with van der Waals surface area (Å²) in [6.45, 7) is 5.17. The van der Waals surface area contributed by atoms with Crippen LogP contribution in [0, 0.1) is 5.82 Å². The van der Waals surface area contributed by atoms with Gasteiger partial charge >= 0.3 is 0 Å². The van der Waals surface area contributed by atoms with Crippen LogP contribution in [0.2, 0.25) is 0 Å². The zero-order valence-electron chi connectivity index (χ0n) is 8.77. The minimum absolute atomic E-state index is 0.273. The third kappa shape index (κ3) is 2.36. The van der Waals surface area contributed by atoms with E-state index >= 15 is 0 Å². The molecule has 16 heavy (non-hydrogen) atoms. The van der Waals surface area contributed by atoms with E-state index in [1.54, 1.807) is 25.1 Å². The van der Waals surface area contributed by atoms with Gasteiger partial charge in [-0.1, -0.05) is 28.1 Å². The molecule has 0 N–H and O–H groups in total. The van der Waals surface area contributed by atoms with Gasteiger partial charge in [-0.05, 0) is 37.1 Å². The summed E-state index contributed by atoms with van der Waals surface area (Å²) in [6, 6.07) is 4.55. The largest absolute Gasteiger partial charge is 0.280 e. The van der Waals surface area contributed by atoms with Crippen molar-refractivity contribution < 1.29 is 9.18 Å². The van der Waals surface area contributed by atoms with Gasteiger partial charge in [-0.2, -0.15) is 0 Å². The van der Waals surface area contributed by atoms with E-state index in [1.165, 1.54) is 6.07 Å². The third-order valence-corrected chi connectivity index (χ3v) is 3.58. The number of hydrogen-bond acceptors (Lipinski definition) is 1. The van der Waals surface area contributed by atoms with Crippen molar-refractivity contribution in [3.63, 3.8) is 0 Å². The molecule has 1 aromatic carbocycles. The number of rotatable bonds is 4. The highest BCUT2D eigenvalue weighted by Gasteiger charge is 2.36. The second kappa shape index (κ2) is 5.11. The molecule has 1 nitrogen and oxygen atoms in total. The first-order chi connectivity index (χ1) is 7.43. The lowest BCUT2D eigenvalue weighted by atomic mass is 9.80. The highest BCUT2D eigenvalue weighted by molar-refractivity contribution is 9.10. The molecule has 0 aliphatic heterocycles. The Morgan fingerprint density at radius 3 is 2.75 bits per heavy atom. The molecule has 1 rings (SSSR count). The zero-order valence-corrected chi connectivity index (χ0v) is 11.1. The Hall–Kier alpha value is -0.670. The first-order valence-electron chi connectivity index (χ1n) is 4.69. The Morgan fingerprint density at radius 1 is 1.69 bits per heavy atom. The van der Waals surface area contributed by atoms with Crippen LogP contribution in [-0.4, -0.2) is 5.24 Å². The molecule has 0 radical (unpaired) electrons. The summed E-state index contributed by atoms with van der Waals surface area (Å²) in [7, 11) is 0. The normalized spacial score (nSPS) is 14.2. The van der Waals surface area contributed by atoms with Crippen molar-refractivity contribution >= 4 is 32.8 Å². The van der Waals surface area contributed by atoms with Crippen LogP contribution >= 0.6 is 27.5 Å². The highest BCUT2D eigenvalue weighted by atomic mass is 79.9. The summed E-state index contributed by atoms with van der Waals surface area (Å²) in [5, 5.41) is -0.599. The summed E-state index contributed by atoms with van der Waals surface area (Å²) in [6.07, 6.45) is 1.84. The van der Waals surface area contributed by atoms with Gasteiger partial charge in [0.25, 0.3) is 0 Å². The lowest BCUT2D eigenvalue weighted by molar-refractivity contribution is -0.116. The lowest BCUT2D eigenvalue weighted by Gasteiger charge is -2.26. The maximum absolute atomic E-state index is 13.8. The monoisotopic (exact) mass is 304 g/mol. The second-order valence-electron chi connectivity index (χ2n) is 3.70. The van der Waals surface area contributed by atoms with E-state index in [0.29, 0.717) is 4.47 Å². The van der Waals surface area contributed by atoms with Gasteiger partial charge in [-0.15, -0.1) is 6.58 Å². The average molecular weight is 306 g/mol. The van der Waals surface area contributed by atoms with E-state index in [1.807, 2.05) is 0 Å². The maximum Gasteiger partial charge on any atom is 0.232 e. The second-order valence-corrected chi connectivity index (χ2v) is 4.89. The van der Waals surface area contributed by atoms with Crippen LogP contribution in [0.4, 0.5) is 4.39 Å². The van der Waals surface area contributed by atoms with Gasteiger partial charge in [-0.3, -0.25) is 4.79 Å². The molecule has 1 atom stereocenters. The van der Waals surface area contributed by atoms with Gasteiger partial charge in [-0.25, -0.2) is 4.39 Å². The Morgan fingerprint density at radius 2 is 2.31 bits per heavy atom. The third-order valence-electron chi connectivity index (χ3n) is 2.50. The summed E-state index contributed by atoms with van der Waals surface area (Å²) in [4.78, 5) is 11.5. The van der Waals surface area contributed by atoms with Crippen molar-refractivity contribution in [1.29, 1.82) is 0 Å². The molecular weight excluding hydrogens is 294 g/mol. The maximum atomic E-state index is 13.8. The highest BCUT2D eigenvalue weighted by Crippen LogP contribution is 2.37. The molecule has 0 aromatic heterocycles. The number of allylic oxidation sites excluding steroid dienone is 1. The molecular formula is C12H11BrClFO. The van der Waals surface area contributed by atoms with Gasteiger partial charge in [0.2, 0.25) is 5.24 Å². The van der Waals surface area contributed by atoms with Gasteiger partial charge < -0.3 is 0 Å². The summed E-state index contributed by atoms with van der Waals surface area (Å²) in [5.74, 6) is -0.451. The number of carbonyl (C=O) groups is 1. The Kier molecular flexibility index (Phi) is 4.28.